The number of fused-ring (bicyclic) bond motifs is 1. The number of Topliss-reactive ketones (excluding diaryl/α,β-unsaturated/α-hetero) is 1. The first-order valence-electron chi connectivity index (χ1n) is 7.22. The molecule has 1 nitrogen and oxygen atoms in total. The highest BCUT2D eigenvalue weighted by Gasteiger charge is 2.43. The number of ketones is 1. The van der Waals surface area contributed by atoms with Gasteiger partial charge >= 0.3 is 0 Å². The van der Waals surface area contributed by atoms with Crippen molar-refractivity contribution in [3.63, 3.8) is 0 Å². The zero-order chi connectivity index (χ0) is 13.3. The van der Waals surface area contributed by atoms with Gasteiger partial charge in [0.2, 0.25) is 0 Å². The maximum absolute atomic E-state index is 12.3. The minimum absolute atomic E-state index is 0.389. The van der Waals surface area contributed by atoms with Crippen LogP contribution in [0.3, 0.4) is 0 Å². The van der Waals surface area contributed by atoms with Crippen molar-refractivity contribution in [2.24, 2.45) is 0 Å². The summed E-state index contributed by atoms with van der Waals surface area (Å²) in [5.41, 5.74) is 4.16. The molecule has 0 saturated carbocycles. The predicted molar refractivity (Wildman–Crippen MR) is 80.1 cm³/mol. The quantitative estimate of drug-likeness (QED) is 0.716. The van der Waals surface area contributed by atoms with E-state index in [1.54, 1.807) is 0 Å². The zero-order valence-corrected chi connectivity index (χ0v) is 13.0. The normalized spacial score (nSPS) is 19.1. The van der Waals surface area contributed by atoms with E-state index in [2.05, 4.69) is 45.9 Å². The number of rotatable bonds is 4. The highest BCUT2D eigenvalue weighted by molar-refractivity contribution is 6.81. The van der Waals surface area contributed by atoms with Crippen molar-refractivity contribution in [1.82, 2.24) is 0 Å². The van der Waals surface area contributed by atoms with E-state index in [0.29, 0.717) is 11.3 Å². The van der Waals surface area contributed by atoms with E-state index in [0.717, 1.165) is 12.0 Å². The van der Waals surface area contributed by atoms with Crippen LogP contribution in [0.1, 0.15) is 54.2 Å². The second-order valence-electron chi connectivity index (χ2n) is 5.64. The van der Waals surface area contributed by atoms with Gasteiger partial charge in [0.05, 0.1) is 8.07 Å². The van der Waals surface area contributed by atoms with Gasteiger partial charge in [0.25, 0.3) is 0 Å². The molecule has 1 atom stereocenters. The first-order chi connectivity index (χ1) is 8.59. The Morgan fingerprint density at radius 1 is 1.17 bits per heavy atom. The molecule has 0 bridgehead atoms. The molecule has 1 unspecified atom stereocenters. The molecule has 1 aliphatic carbocycles. The highest BCUT2D eigenvalue weighted by Crippen LogP contribution is 2.45. The number of hydrogen-bond donors (Lipinski definition) is 0. The number of aryl methyl sites for hydroxylation is 1. The third-order valence-corrected chi connectivity index (χ3v) is 11.4. The summed E-state index contributed by atoms with van der Waals surface area (Å²) in [6, 6.07) is 10.3. The third-order valence-electron chi connectivity index (χ3n) is 5.20. The van der Waals surface area contributed by atoms with Crippen LogP contribution in [0.4, 0.5) is 0 Å². The lowest BCUT2D eigenvalue weighted by molar-refractivity contribution is 0.0992. The average molecular weight is 260 g/mol. The van der Waals surface area contributed by atoms with Crippen molar-refractivity contribution >= 4 is 13.9 Å². The van der Waals surface area contributed by atoms with Crippen LogP contribution >= 0.6 is 0 Å². The van der Waals surface area contributed by atoms with Crippen LogP contribution in [0, 0.1) is 6.92 Å². The topological polar surface area (TPSA) is 17.1 Å². The van der Waals surface area contributed by atoms with Gasteiger partial charge in [-0.15, -0.1) is 0 Å². The minimum atomic E-state index is -1.32. The maximum Gasteiger partial charge on any atom is 0.163 e. The van der Waals surface area contributed by atoms with Crippen molar-refractivity contribution in [3.8, 4) is 0 Å². The van der Waals surface area contributed by atoms with E-state index in [-0.39, 0.29) is 0 Å². The summed E-state index contributed by atoms with van der Waals surface area (Å²) in [6.07, 6.45) is 0.780. The van der Waals surface area contributed by atoms with Gasteiger partial charge in [0.1, 0.15) is 0 Å². The monoisotopic (exact) mass is 260 g/mol. The van der Waals surface area contributed by atoms with Crippen LogP contribution < -0.4 is 0 Å². The van der Waals surface area contributed by atoms with Crippen LogP contribution in [0.5, 0.6) is 0 Å². The van der Waals surface area contributed by atoms with E-state index < -0.39 is 8.07 Å². The Balaban J connectivity index is 2.52. The molecule has 0 heterocycles. The van der Waals surface area contributed by atoms with E-state index >= 15 is 0 Å². The maximum atomic E-state index is 12.3. The summed E-state index contributed by atoms with van der Waals surface area (Å²) in [4.78, 5) is 12.3. The fraction of sp³-hybridized carbons (Fsp3) is 0.562. The van der Waals surface area contributed by atoms with Crippen LogP contribution in [-0.2, 0) is 0 Å². The Hall–Kier alpha value is -0.893. The standard InChI is InChI=1S/C16H24OSi/c1-5-18(6-2,7-3)15-11-14(17)16-12(4)9-8-10-13(15)16/h8-10,15H,5-7,11H2,1-4H3. The van der Waals surface area contributed by atoms with Gasteiger partial charge in [0, 0.05) is 12.0 Å². The number of hydrogen-bond acceptors (Lipinski definition) is 1. The molecule has 0 aromatic heterocycles. The molecule has 0 amide bonds. The summed E-state index contributed by atoms with van der Waals surface area (Å²) < 4.78 is 0. The third kappa shape index (κ3) is 1.87. The summed E-state index contributed by atoms with van der Waals surface area (Å²) in [5, 5.41) is 0. The van der Waals surface area contributed by atoms with Gasteiger partial charge < -0.3 is 0 Å². The summed E-state index contributed by atoms with van der Waals surface area (Å²) in [5.74, 6) is 0.389. The van der Waals surface area contributed by atoms with Gasteiger partial charge in [-0.3, -0.25) is 4.79 Å². The molecule has 2 rings (SSSR count). The summed E-state index contributed by atoms with van der Waals surface area (Å²) in [6.45, 7) is 9.07. The Morgan fingerprint density at radius 2 is 1.78 bits per heavy atom. The molecule has 1 aliphatic rings. The zero-order valence-electron chi connectivity index (χ0n) is 12.0. The molecular formula is C16H24OSi. The molecular weight excluding hydrogens is 236 g/mol. The molecule has 2 heteroatoms. The van der Waals surface area contributed by atoms with Crippen LogP contribution in [0.2, 0.25) is 18.1 Å². The van der Waals surface area contributed by atoms with E-state index in [4.69, 9.17) is 0 Å². The second-order valence-corrected chi connectivity index (χ2v) is 11.2. The van der Waals surface area contributed by atoms with Crippen LogP contribution in [0.15, 0.2) is 18.2 Å². The van der Waals surface area contributed by atoms with Crippen LogP contribution in [-0.4, -0.2) is 13.9 Å². The minimum Gasteiger partial charge on any atom is -0.294 e. The lowest BCUT2D eigenvalue weighted by Gasteiger charge is -2.35. The van der Waals surface area contributed by atoms with Crippen LogP contribution in [0.25, 0.3) is 0 Å². The summed E-state index contributed by atoms with van der Waals surface area (Å²) in [7, 11) is -1.32. The molecule has 0 fully saturated rings. The lowest BCUT2D eigenvalue weighted by atomic mass is 10.0. The Kier molecular flexibility index (Phi) is 3.76. The van der Waals surface area contributed by atoms with Gasteiger partial charge in [-0.2, -0.15) is 0 Å². The van der Waals surface area contributed by atoms with Gasteiger partial charge in [-0.1, -0.05) is 57.1 Å². The molecule has 0 radical (unpaired) electrons. The lowest BCUT2D eigenvalue weighted by Crippen LogP contribution is -2.39. The molecule has 1 aromatic carbocycles. The molecule has 0 spiro atoms. The number of benzene rings is 1. The van der Waals surface area contributed by atoms with Crippen molar-refractivity contribution in [2.45, 2.75) is 57.8 Å². The van der Waals surface area contributed by atoms with Crippen molar-refractivity contribution < 1.29 is 4.79 Å². The van der Waals surface area contributed by atoms with E-state index in [9.17, 15) is 4.79 Å². The number of carbonyl (C=O) groups excluding carboxylic acids is 1. The smallest absolute Gasteiger partial charge is 0.163 e. The fourth-order valence-electron chi connectivity index (χ4n) is 3.79. The van der Waals surface area contributed by atoms with Gasteiger partial charge in [-0.25, -0.2) is 0 Å². The largest absolute Gasteiger partial charge is 0.294 e. The fourth-order valence-corrected chi connectivity index (χ4v) is 8.29. The predicted octanol–water partition coefficient (Wildman–Crippen LogP) is 4.71. The molecule has 18 heavy (non-hydrogen) atoms. The molecule has 0 saturated heterocycles. The average Bonchev–Trinajstić information content (AvgIpc) is 2.72. The van der Waals surface area contributed by atoms with Gasteiger partial charge in [0.15, 0.2) is 5.78 Å². The highest BCUT2D eigenvalue weighted by atomic mass is 28.3. The Labute approximate surface area is 112 Å². The van der Waals surface area contributed by atoms with Gasteiger partial charge in [-0.05, 0) is 23.6 Å². The molecule has 1 aromatic rings. The van der Waals surface area contributed by atoms with Crippen molar-refractivity contribution in [3.05, 3.63) is 34.9 Å². The SMILES string of the molecule is CC[Si](CC)(CC)C1CC(=O)c2c(C)cccc21. The molecule has 0 aliphatic heterocycles. The first kappa shape index (κ1) is 13.5. The Morgan fingerprint density at radius 3 is 2.33 bits per heavy atom. The van der Waals surface area contributed by atoms with E-state index in [1.807, 2.05) is 0 Å². The second kappa shape index (κ2) is 5.00. The Bertz CT molecular complexity index is 452. The van der Waals surface area contributed by atoms with E-state index in [1.165, 1.54) is 29.3 Å². The van der Waals surface area contributed by atoms with Crippen molar-refractivity contribution in [2.75, 3.05) is 0 Å². The first-order valence-corrected chi connectivity index (χ1v) is 9.92. The number of carbonyl (C=O) groups is 1. The van der Waals surface area contributed by atoms with Crippen molar-refractivity contribution in [1.29, 1.82) is 0 Å². The molecule has 0 N–H and O–H groups in total. The summed E-state index contributed by atoms with van der Waals surface area (Å²) >= 11 is 0. The molecule has 98 valence electrons.